The van der Waals surface area contributed by atoms with Crippen molar-refractivity contribution in [1.82, 2.24) is 0 Å². The second-order valence-electron chi connectivity index (χ2n) is 8.15. The number of fused-ring (bicyclic) bond motifs is 1. The van der Waals surface area contributed by atoms with Crippen LogP contribution >= 0.6 is 31.9 Å². The molecule has 33 heavy (non-hydrogen) atoms. The van der Waals surface area contributed by atoms with Crippen LogP contribution in [0.1, 0.15) is 59.7 Å². The van der Waals surface area contributed by atoms with Crippen LogP contribution in [0.3, 0.4) is 0 Å². The fraction of sp³-hybridized carbons (Fsp3) is 0.200. The monoisotopic (exact) mass is 574 g/mol. The van der Waals surface area contributed by atoms with E-state index in [0.29, 0.717) is 31.2 Å². The van der Waals surface area contributed by atoms with Crippen LogP contribution in [0.15, 0.2) is 39.3 Å². The number of phenolic OH excluding ortho intramolecular Hbond substituents is 2. The van der Waals surface area contributed by atoms with Crippen molar-refractivity contribution < 1.29 is 29.6 Å². The highest BCUT2D eigenvalue weighted by atomic mass is 79.9. The van der Waals surface area contributed by atoms with E-state index in [1.54, 1.807) is 45.9 Å². The Morgan fingerprint density at radius 1 is 0.909 bits per heavy atom. The van der Waals surface area contributed by atoms with E-state index in [1.807, 2.05) is 0 Å². The predicted octanol–water partition coefficient (Wildman–Crippen LogP) is 6.02. The Labute approximate surface area is 207 Å². The number of carbonyl (C=O) groups is 2. The fourth-order valence-corrected chi connectivity index (χ4v) is 5.65. The summed E-state index contributed by atoms with van der Waals surface area (Å²) in [4.78, 5) is 25.2. The van der Waals surface area contributed by atoms with Gasteiger partial charge in [-0.25, -0.2) is 9.59 Å². The second kappa shape index (κ2) is 7.88. The molecule has 0 saturated carbocycles. The SMILES string of the molecule is Cc1cc(Br)c(C)c(O)c1C1(c2c(C)cc(Br)c(C)c2O)OC(=O)c2c(C(=O)O)cccc21. The molecule has 170 valence electrons. The van der Waals surface area contributed by atoms with Crippen molar-refractivity contribution in [1.29, 1.82) is 0 Å². The summed E-state index contributed by atoms with van der Waals surface area (Å²) >= 11 is 6.87. The lowest BCUT2D eigenvalue weighted by Crippen LogP contribution is -2.32. The van der Waals surface area contributed by atoms with Crippen LogP contribution in [0.25, 0.3) is 0 Å². The summed E-state index contributed by atoms with van der Waals surface area (Å²) in [5.41, 5.74) is 0.886. The quantitative estimate of drug-likeness (QED) is 0.330. The molecule has 3 N–H and O–H groups in total. The van der Waals surface area contributed by atoms with E-state index in [-0.39, 0.29) is 39.3 Å². The molecule has 6 nitrogen and oxygen atoms in total. The van der Waals surface area contributed by atoms with Crippen molar-refractivity contribution in [2.45, 2.75) is 33.3 Å². The highest BCUT2D eigenvalue weighted by Crippen LogP contribution is 2.56. The fourth-order valence-electron chi connectivity index (χ4n) is 4.59. The third-order valence-electron chi connectivity index (χ3n) is 6.20. The molecule has 1 aliphatic heterocycles. The lowest BCUT2D eigenvalue weighted by atomic mass is 9.74. The van der Waals surface area contributed by atoms with Crippen molar-refractivity contribution >= 4 is 43.8 Å². The molecule has 0 atom stereocenters. The minimum atomic E-state index is -1.77. The van der Waals surface area contributed by atoms with E-state index < -0.39 is 17.5 Å². The zero-order valence-corrected chi connectivity index (χ0v) is 21.4. The number of aryl methyl sites for hydroxylation is 2. The Kier molecular flexibility index (Phi) is 5.57. The third kappa shape index (κ3) is 3.19. The first-order valence-corrected chi connectivity index (χ1v) is 11.6. The number of halogens is 2. The number of ether oxygens (including phenoxy) is 1. The molecule has 8 heteroatoms. The number of aromatic carboxylic acids is 1. The number of hydrogen-bond donors (Lipinski definition) is 3. The topological polar surface area (TPSA) is 104 Å². The van der Waals surface area contributed by atoms with Crippen LogP contribution in [-0.4, -0.2) is 27.3 Å². The minimum Gasteiger partial charge on any atom is -0.507 e. The number of carboxylic acids is 1. The summed E-state index contributed by atoms with van der Waals surface area (Å²) < 4.78 is 7.36. The number of esters is 1. The van der Waals surface area contributed by atoms with Crippen LogP contribution in [-0.2, 0) is 10.3 Å². The molecule has 0 saturated heterocycles. The Morgan fingerprint density at radius 3 is 1.85 bits per heavy atom. The summed E-state index contributed by atoms with van der Waals surface area (Å²) in [5, 5.41) is 32.4. The van der Waals surface area contributed by atoms with Gasteiger partial charge in [0.15, 0.2) is 5.60 Å². The molecule has 0 aliphatic carbocycles. The van der Waals surface area contributed by atoms with Crippen LogP contribution in [0, 0.1) is 27.7 Å². The van der Waals surface area contributed by atoms with Gasteiger partial charge in [0, 0.05) is 36.8 Å². The molecule has 3 aromatic rings. The van der Waals surface area contributed by atoms with Crippen molar-refractivity contribution in [3.05, 3.63) is 89.3 Å². The first kappa shape index (κ1) is 23.3. The smallest absolute Gasteiger partial charge is 0.341 e. The molecule has 4 rings (SSSR count). The first-order valence-electron chi connectivity index (χ1n) is 10.0. The lowest BCUT2D eigenvalue weighted by Gasteiger charge is -2.35. The Morgan fingerprint density at radius 2 is 1.39 bits per heavy atom. The van der Waals surface area contributed by atoms with Crippen molar-refractivity contribution in [2.24, 2.45) is 0 Å². The van der Waals surface area contributed by atoms with Crippen molar-refractivity contribution in [3.8, 4) is 11.5 Å². The molecule has 1 aliphatic rings. The largest absolute Gasteiger partial charge is 0.507 e. The number of rotatable bonds is 3. The van der Waals surface area contributed by atoms with Gasteiger partial charge in [-0.3, -0.25) is 0 Å². The zero-order valence-electron chi connectivity index (χ0n) is 18.2. The molecule has 0 bridgehead atoms. The summed E-state index contributed by atoms with van der Waals surface area (Å²) in [6.45, 7) is 6.93. The first-order chi connectivity index (χ1) is 15.4. The summed E-state index contributed by atoms with van der Waals surface area (Å²) in [6, 6.07) is 8.03. The van der Waals surface area contributed by atoms with Crippen LogP contribution in [0.5, 0.6) is 11.5 Å². The molecule has 0 spiro atoms. The zero-order chi connectivity index (χ0) is 24.4. The van der Waals surface area contributed by atoms with Gasteiger partial charge in [0.2, 0.25) is 0 Å². The number of benzene rings is 3. The molecule has 0 aromatic heterocycles. The molecule has 0 radical (unpaired) electrons. The highest BCUT2D eigenvalue weighted by molar-refractivity contribution is 9.10. The van der Waals surface area contributed by atoms with E-state index in [0.717, 1.165) is 0 Å². The Balaban J connectivity index is 2.28. The van der Waals surface area contributed by atoms with Crippen LogP contribution < -0.4 is 0 Å². The number of hydrogen-bond acceptors (Lipinski definition) is 5. The average molecular weight is 576 g/mol. The molecule has 0 fully saturated rings. The molecular weight excluding hydrogens is 556 g/mol. The molecule has 3 aromatic carbocycles. The lowest BCUT2D eigenvalue weighted by molar-refractivity contribution is 0.0233. The average Bonchev–Trinajstić information content (AvgIpc) is 3.03. The van der Waals surface area contributed by atoms with Gasteiger partial charge in [-0.2, -0.15) is 0 Å². The highest BCUT2D eigenvalue weighted by Gasteiger charge is 2.54. The van der Waals surface area contributed by atoms with Gasteiger partial charge >= 0.3 is 11.9 Å². The maximum atomic E-state index is 13.2. The predicted molar refractivity (Wildman–Crippen MR) is 129 cm³/mol. The van der Waals surface area contributed by atoms with Gasteiger partial charge in [0.05, 0.1) is 11.1 Å². The van der Waals surface area contributed by atoms with Gasteiger partial charge in [0.25, 0.3) is 0 Å². The standard InChI is InChI=1S/C25H20Br2O6/c1-10-8-16(26)12(3)21(28)19(10)25(20-11(2)9-17(27)13(4)22(20)29)15-7-5-6-14(23(30)31)18(15)24(32)33-25/h5-9,28-29H,1-4H3,(H,30,31). The number of carbonyl (C=O) groups excluding carboxylic acids is 1. The molecular formula is C25H20Br2O6. The number of aromatic hydroxyl groups is 2. The van der Waals surface area contributed by atoms with Gasteiger partial charge in [-0.05, 0) is 57.0 Å². The molecule has 0 unspecified atom stereocenters. The van der Waals surface area contributed by atoms with E-state index in [4.69, 9.17) is 4.74 Å². The number of cyclic esters (lactones) is 1. The maximum absolute atomic E-state index is 13.2. The molecule has 1 heterocycles. The molecule has 0 amide bonds. The van der Waals surface area contributed by atoms with E-state index in [2.05, 4.69) is 31.9 Å². The Bertz CT molecular complexity index is 1310. The van der Waals surface area contributed by atoms with E-state index in [9.17, 15) is 24.9 Å². The summed E-state index contributed by atoms with van der Waals surface area (Å²) in [6.07, 6.45) is 0. The number of phenols is 2. The van der Waals surface area contributed by atoms with Gasteiger partial charge < -0.3 is 20.1 Å². The van der Waals surface area contributed by atoms with Crippen molar-refractivity contribution in [2.75, 3.05) is 0 Å². The maximum Gasteiger partial charge on any atom is 0.341 e. The summed E-state index contributed by atoms with van der Waals surface area (Å²) in [7, 11) is 0. The number of carboxylic acid groups (broad SMARTS) is 1. The van der Waals surface area contributed by atoms with Gasteiger partial charge in [0.1, 0.15) is 11.5 Å². The second-order valence-corrected chi connectivity index (χ2v) is 9.86. The van der Waals surface area contributed by atoms with Gasteiger partial charge in [-0.1, -0.05) is 44.0 Å². The van der Waals surface area contributed by atoms with E-state index in [1.165, 1.54) is 12.1 Å². The van der Waals surface area contributed by atoms with E-state index >= 15 is 0 Å². The minimum absolute atomic E-state index is 0.108. The normalized spacial score (nSPS) is 14.2. The van der Waals surface area contributed by atoms with Crippen LogP contribution in [0.4, 0.5) is 0 Å². The summed E-state index contributed by atoms with van der Waals surface area (Å²) in [5.74, 6) is -2.37. The van der Waals surface area contributed by atoms with Gasteiger partial charge in [-0.15, -0.1) is 0 Å². The van der Waals surface area contributed by atoms with Crippen LogP contribution in [0.2, 0.25) is 0 Å². The van der Waals surface area contributed by atoms with Crippen molar-refractivity contribution in [3.63, 3.8) is 0 Å². The third-order valence-corrected chi connectivity index (χ3v) is 7.85. The Hall–Kier alpha value is -2.84.